The molecule has 0 unspecified atom stereocenters. The van der Waals surface area contributed by atoms with Crippen LogP contribution in [0, 0.1) is 5.82 Å². The van der Waals surface area contributed by atoms with Crippen LogP contribution in [0.25, 0.3) is 22.0 Å². The summed E-state index contributed by atoms with van der Waals surface area (Å²) in [5.41, 5.74) is 3.06. The monoisotopic (exact) mass is 489 g/mol. The third-order valence-corrected chi connectivity index (χ3v) is 5.50. The molecule has 0 radical (unpaired) electrons. The van der Waals surface area contributed by atoms with Gasteiger partial charge in [-0.2, -0.15) is 0 Å². The number of ether oxygens (including phenoxy) is 3. The van der Waals surface area contributed by atoms with Crippen LogP contribution in [0.4, 0.5) is 9.18 Å². The number of hydrogen-bond donors (Lipinski definition) is 0. The number of rotatable bonds is 6. The highest BCUT2D eigenvalue weighted by Gasteiger charge is 2.22. The Labute approximate surface area is 209 Å². The van der Waals surface area contributed by atoms with Crippen molar-refractivity contribution in [3.63, 3.8) is 0 Å². The second-order valence-electron chi connectivity index (χ2n) is 9.42. The Morgan fingerprint density at radius 2 is 1.67 bits per heavy atom. The van der Waals surface area contributed by atoms with Gasteiger partial charge in [-0.15, -0.1) is 0 Å². The topological polar surface area (TPSA) is 66.8 Å². The van der Waals surface area contributed by atoms with Gasteiger partial charge < -0.3 is 14.2 Å². The van der Waals surface area contributed by atoms with Crippen molar-refractivity contribution in [2.24, 2.45) is 0 Å². The Morgan fingerprint density at radius 3 is 2.36 bits per heavy atom. The number of nitrogens with zero attached hydrogens (tertiary/aromatic N) is 1. The van der Waals surface area contributed by atoms with Crippen molar-refractivity contribution in [1.29, 1.82) is 0 Å². The van der Waals surface area contributed by atoms with Gasteiger partial charge in [0, 0.05) is 5.39 Å². The molecule has 186 valence electrons. The van der Waals surface area contributed by atoms with Crippen molar-refractivity contribution in [1.82, 2.24) is 4.57 Å². The molecule has 0 aliphatic rings. The molecule has 1 heterocycles. The van der Waals surface area contributed by atoms with E-state index in [0.717, 1.165) is 16.7 Å². The van der Waals surface area contributed by atoms with E-state index in [4.69, 9.17) is 14.2 Å². The minimum absolute atomic E-state index is 0.0868. The number of esters is 1. The minimum atomic E-state index is -0.705. The number of methoxy groups -OCH3 is 1. The van der Waals surface area contributed by atoms with E-state index in [1.807, 2.05) is 48.5 Å². The first-order chi connectivity index (χ1) is 17.1. The molecule has 0 aliphatic carbocycles. The maximum Gasteiger partial charge on any atom is 0.419 e. The highest BCUT2D eigenvalue weighted by Crippen LogP contribution is 2.26. The van der Waals surface area contributed by atoms with Crippen LogP contribution in [0.1, 0.15) is 32.0 Å². The van der Waals surface area contributed by atoms with Crippen LogP contribution in [0.5, 0.6) is 5.75 Å². The smallest absolute Gasteiger partial charge is 0.419 e. The molecule has 0 aliphatic heterocycles. The van der Waals surface area contributed by atoms with Gasteiger partial charge in [0.15, 0.2) is 0 Å². The Hall–Kier alpha value is -4.13. The molecule has 4 rings (SSSR count). The van der Waals surface area contributed by atoms with Crippen molar-refractivity contribution >= 4 is 23.0 Å². The third kappa shape index (κ3) is 5.92. The van der Waals surface area contributed by atoms with Crippen LogP contribution in [0.15, 0.2) is 72.8 Å². The SMILES string of the molecule is COC(=O)Cc1cccc(-c2ccc(OCc3cc4ccc(F)cc4n3C(=O)OC(C)(C)C)cc2)c1. The third-order valence-electron chi connectivity index (χ3n) is 5.50. The maximum atomic E-state index is 13.9. The van der Waals surface area contributed by atoms with Gasteiger partial charge in [0.25, 0.3) is 0 Å². The van der Waals surface area contributed by atoms with Crippen LogP contribution in [0.2, 0.25) is 0 Å². The largest absolute Gasteiger partial charge is 0.487 e. The van der Waals surface area contributed by atoms with Crippen LogP contribution in [0.3, 0.4) is 0 Å². The van der Waals surface area contributed by atoms with Gasteiger partial charge in [-0.1, -0.05) is 36.4 Å². The van der Waals surface area contributed by atoms with Gasteiger partial charge in [-0.3, -0.25) is 4.79 Å². The van der Waals surface area contributed by atoms with Crippen molar-refractivity contribution in [3.05, 3.63) is 89.9 Å². The molecule has 0 atom stereocenters. The summed E-state index contributed by atoms with van der Waals surface area (Å²) in [6, 6.07) is 21.3. The lowest BCUT2D eigenvalue weighted by Crippen LogP contribution is -2.28. The standard InChI is InChI=1S/C29H28FNO5/c1-29(2,3)36-28(33)31-24(16-22-8-11-23(30)17-26(22)31)18-35-25-12-9-20(10-13-25)21-7-5-6-19(14-21)15-27(32)34-4/h5-14,16-17H,15,18H2,1-4H3. The van der Waals surface area contributed by atoms with Crippen LogP contribution in [-0.4, -0.2) is 29.3 Å². The van der Waals surface area contributed by atoms with E-state index in [1.54, 1.807) is 32.9 Å². The summed E-state index contributed by atoms with van der Waals surface area (Å²) in [4.78, 5) is 24.5. The Kier molecular flexibility index (Phi) is 7.10. The lowest BCUT2D eigenvalue weighted by Gasteiger charge is -2.21. The molecule has 0 saturated carbocycles. The second kappa shape index (κ2) is 10.2. The first-order valence-electron chi connectivity index (χ1n) is 11.6. The van der Waals surface area contributed by atoms with E-state index in [2.05, 4.69) is 0 Å². The second-order valence-corrected chi connectivity index (χ2v) is 9.42. The van der Waals surface area contributed by atoms with Crippen LogP contribution < -0.4 is 4.74 Å². The summed E-state index contributed by atoms with van der Waals surface area (Å²) in [7, 11) is 1.37. The lowest BCUT2D eigenvalue weighted by molar-refractivity contribution is -0.139. The fourth-order valence-electron chi connectivity index (χ4n) is 3.86. The van der Waals surface area contributed by atoms with E-state index in [0.29, 0.717) is 22.3 Å². The summed E-state index contributed by atoms with van der Waals surface area (Å²) >= 11 is 0. The fraction of sp³-hybridized carbons (Fsp3) is 0.241. The molecule has 1 aromatic heterocycles. The lowest BCUT2D eigenvalue weighted by atomic mass is 10.0. The molecule has 7 heteroatoms. The molecular weight excluding hydrogens is 461 g/mol. The predicted molar refractivity (Wildman–Crippen MR) is 135 cm³/mol. The first kappa shape index (κ1) is 25.0. The predicted octanol–water partition coefficient (Wildman–Crippen LogP) is 6.53. The van der Waals surface area contributed by atoms with Gasteiger partial charge in [-0.05, 0) is 73.9 Å². The number of halogens is 1. The zero-order valence-electron chi connectivity index (χ0n) is 20.7. The average Bonchev–Trinajstić information content (AvgIpc) is 3.19. The molecule has 0 amide bonds. The Bertz CT molecular complexity index is 1400. The summed E-state index contributed by atoms with van der Waals surface area (Å²) in [5, 5.41) is 0.711. The number of carbonyl (C=O) groups is 2. The highest BCUT2D eigenvalue weighted by atomic mass is 19.1. The molecule has 0 saturated heterocycles. The van der Waals surface area contributed by atoms with E-state index < -0.39 is 17.5 Å². The molecular formula is C29H28FNO5. The Morgan fingerprint density at radius 1 is 0.917 bits per heavy atom. The molecule has 0 bridgehead atoms. The van der Waals surface area contributed by atoms with Gasteiger partial charge >= 0.3 is 12.1 Å². The average molecular weight is 490 g/mol. The maximum absolute atomic E-state index is 13.9. The quantitative estimate of drug-likeness (QED) is 0.288. The molecule has 0 spiro atoms. The van der Waals surface area contributed by atoms with Crippen LogP contribution >= 0.6 is 0 Å². The molecule has 0 N–H and O–H groups in total. The van der Waals surface area contributed by atoms with Gasteiger partial charge in [0.2, 0.25) is 0 Å². The number of aromatic nitrogens is 1. The summed E-state index contributed by atoms with van der Waals surface area (Å²) < 4.78 is 31.6. The number of carbonyl (C=O) groups excluding carboxylic acids is 2. The zero-order chi connectivity index (χ0) is 25.9. The zero-order valence-corrected chi connectivity index (χ0v) is 20.7. The summed E-state index contributed by atoms with van der Waals surface area (Å²) in [6.45, 7) is 5.42. The van der Waals surface area contributed by atoms with E-state index in [-0.39, 0.29) is 19.0 Å². The normalized spacial score (nSPS) is 11.4. The molecule has 0 fully saturated rings. The van der Waals surface area contributed by atoms with Gasteiger partial charge in [0.1, 0.15) is 23.8 Å². The number of fused-ring (bicyclic) bond motifs is 1. The van der Waals surface area contributed by atoms with Gasteiger partial charge in [0.05, 0.1) is 24.7 Å². The van der Waals surface area contributed by atoms with E-state index >= 15 is 0 Å². The van der Waals surface area contributed by atoms with Crippen LogP contribution in [-0.2, 0) is 27.3 Å². The first-order valence-corrected chi connectivity index (χ1v) is 11.6. The molecule has 6 nitrogen and oxygen atoms in total. The van der Waals surface area contributed by atoms with Gasteiger partial charge in [-0.25, -0.2) is 13.8 Å². The molecule has 3 aromatic carbocycles. The number of benzene rings is 3. The van der Waals surface area contributed by atoms with Crippen molar-refractivity contribution in [2.45, 2.75) is 39.4 Å². The fourth-order valence-corrected chi connectivity index (χ4v) is 3.86. The molecule has 4 aromatic rings. The van der Waals surface area contributed by atoms with Crippen molar-refractivity contribution in [2.75, 3.05) is 7.11 Å². The van der Waals surface area contributed by atoms with Crippen molar-refractivity contribution < 1.29 is 28.2 Å². The summed E-state index contributed by atoms with van der Waals surface area (Å²) in [6.07, 6.45) is -0.384. The molecule has 36 heavy (non-hydrogen) atoms. The number of hydrogen-bond acceptors (Lipinski definition) is 5. The minimum Gasteiger partial charge on any atom is -0.487 e. The van der Waals surface area contributed by atoms with E-state index in [1.165, 1.54) is 23.8 Å². The van der Waals surface area contributed by atoms with E-state index in [9.17, 15) is 14.0 Å². The summed E-state index contributed by atoms with van der Waals surface area (Å²) in [5.74, 6) is -0.122. The highest BCUT2D eigenvalue weighted by molar-refractivity contribution is 5.91. The Balaban J connectivity index is 1.54. The van der Waals surface area contributed by atoms with Crippen molar-refractivity contribution in [3.8, 4) is 16.9 Å².